The van der Waals surface area contributed by atoms with Gasteiger partial charge in [-0.15, -0.1) is 11.3 Å². The van der Waals surface area contributed by atoms with Crippen LogP contribution in [0.15, 0.2) is 39.9 Å². The first-order valence-electron chi connectivity index (χ1n) is 12.1. The highest BCUT2D eigenvalue weighted by Gasteiger charge is 2.42. The van der Waals surface area contributed by atoms with Crippen molar-refractivity contribution in [1.82, 2.24) is 14.2 Å². The zero-order chi connectivity index (χ0) is 25.1. The molecule has 0 N–H and O–H groups in total. The minimum absolute atomic E-state index is 0.208. The summed E-state index contributed by atoms with van der Waals surface area (Å²) < 4.78 is 40.0. The fraction of sp³-hybridized carbons (Fsp3) is 0.500. The van der Waals surface area contributed by atoms with Gasteiger partial charge in [-0.2, -0.15) is 4.31 Å². The molecule has 36 heavy (non-hydrogen) atoms. The standard InChI is InChI=1S/C24H30N4O5S3/c1-32-18-7-8-21-19(17-18)25-24(35-21)27(10-4-9-26-12-14-33-15-13-26)23(29)20-5-2-11-28(20)36(30,31)22-6-3-16-34-22/h3,6-8,16-17,20H,2,4-5,9-15H2,1H3. The molecule has 2 aliphatic rings. The van der Waals surface area contributed by atoms with Gasteiger partial charge in [-0.05, 0) is 42.8 Å². The first kappa shape index (κ1) is 25.6. The number of nitrogens with zero attached hydrogens (tertiary/aromatic N) is 4. The van der Waals surface area contributed by atoms with Crippen LogP contribution < -0.4 is 9.64 Å². The van der Waals surface area contributed by atoms with Crippen molar-refractivity contribution in [2.75, 3.05) is 57.9 Å². The summed E-state index contributed by atoms with van der Waals surface area (Å²) in [7, 11) is -2.12. The number of sulfonamides is 1. The van der Waals surface area contributed by atoms with Crippen LogP contribution in [0.5, 0.6) is 5.75 Å². The summed E-state index contributed by atoms with van der Waals surface area (Å²) in [6.45, 7) is 4.86. The molecule has 1 atom stereocenters. The van der Waals surface area contributed by atoms with Crippen molar-refractivity contribution in [1.29, 1.82) is 0 Å². The summed E-state index contributed by atoms with van der Waals surface area (Å²) in [5, 5.41) is 2.33. The number of carbonyl (C=O) groups excluding carboxylic acids is 1. The lowest BCUT2D eigenvalue weighted by molar-refractivity contribution is -0.121. The molecule has 1 unspecified atom stereocenters. The molecular weight excluding hydrogens is 520 g/mol. The molecule has 9 nitrogen and oxygen atoms in total. The second-order valence-electron chi connectivity index (χ2n) is 8.83. The lowest BCUT2D eigenvalue weighted by Gasteiger charge is -2.30. The van der Waals surface area contributed by atoms with E-state index < -0.39 is 16.1 Å². The Morgan fingerprint density at radius 2 is 2.08 bits per heavy atom. The van der Waals surface area contributed by atoms with Crippen LogP contribution in [0.1, 0.15) is 19.3 Å². The average molecular weight is 551 g/mol. The van der Waals surface area contributed by atoms with Crippen molar-refractivity contribution in [3.05, 3.63) is 35.7 Å². The third kappa shape index (κ3) is 5.29. The highest BCUT2D eigenvalue weighted by atomic mass is 32.2. The van der Waals surface area contributed by atoms with Gasteiger partial charge in [-0.3, -0.25) is 14.6 Å². The highest BCUT2D eigenvalue weighted by molar-refractivity contribution is 7.91. The van der Waals surface area contributed by atoms with E-state index in [0.29, 0.717) is 36.8 Å². The molecule has 4 heterocycles. The van der Waals surface area contributed by atoms with E-state index in [1.54, 1.807) is 29.5 Å². The molecule has 0 bridgehead atoms. The van der Waals surface area contributed by atoms with Crippen LogP contribution >= 0.6 is 22.7 Å². The monoisotopic (exact) mass is 550 g/mol. The normalized spacial score (nSPS) is 19.6. The number of thiophene rings is 1. The summed E-state index contributed by atoms with van der Waals surface area (Å²) in [5.41, 5.74) is 0.759. The van der Waals surface area contributed by atoms with E-state index in [4.69, 9.17) is 14.5 Å². The summed E-state index contributed by atoms with van der Waals surface area (Å²) in [4.78, 5) is 22.8. The molecule has 0 radical (unpaired) electrons. The zero-order valence-electron chi connectivity index (χ0n) is 20.2. The Balaban J connectivity index is 1.41. The van der Waals surface area contributed by atoms with Crippen molar-refractivity contribution in [2.24, 2.45) is 0 Å². The van der Waals surface area contributed by atoms with Crippen LogP contribution in [0.25, 0.3) is 10.2 Å². The molecule has 1 aromatic carbocycles. The number of ether oxygens (including phenoxy) is 2. The summed E-state index contributed by atoms with van der Waals surface area (Å²) in [6, 6.07) is 8.26. The molecule has 2 aromatic heterocycles. The largest absolute Gasteiger partial charge is 0.497 e. The Kier molecular flexibility index (Phi) is 7.89. The Morgan fingerprint density at radius 3 is 2.83 bits per heavy atom. The van der Waals surface area contributed by atoms with E-state index in [1.807, 2.05) is 18.2 Å². The maximum atomic E-state index is 14.0. The van der Waals surface area contributed by atoms with E-state index in [-0.39, 0.29) is 10.1 Å². The van der Waals surface area contributed by atoms with Gasteiger partial charge >= 0.3 is 0 Å². The molecule has 3 aromatic rings. The van der Waals surface area contributed by atoms with Crippen LogP contribution in [0, 0.1) is 0 Å². The number of carbonyl (C=O) groups is 1. The summed E-state index contributed by atoms with van der Waals surface area (Å²) in [6.07, 6.45) is 1.91. The maximum absolute atomic E-state index is 14.0. The number of thiazole rings is 1. The molecule has 5 rings (SSSR count). The van der Waals surface area contributed by atoms with Crippen molar-refractivity contribution >= 4 is 54.0 Å². The van der Waals surface area contributed by atoms with E-state index in [1.165, 1.54) is 27.0 Å². The molecule has 2 saturated heterocycles. The van der Waals surface area contributed by atoms with E-state index in [0.717, 1.165) is 49.5 Å². The first-order valence-corrected chi connectivity index (χ1v) is 15.2. The van der Waals surface area contributed by atoms with Crippen LogP contribution in [-0.4, -0.2) is 87.6 Å². The minimum atomic E-state index is -3.73. The number of rotatable bonds is 9. The van der Waals surface area contributed by atoms with E-state index >= 15 is 0 Å². The van der Waals surface area contributed by atoms with E-state index in [2.05, 4.69) is 4.90 Å². The Bertz CT molecular complexity index is 1290. The molecule has 0 spiro atoms. The maximum Gasteiger partial charge on any atom is 0.253 e. The van der Waals surface area contributed by atoms with Gasteiger partial charge in [-0.1, -0.05) is 17.4 Å². The van der Waals surface area contributed by atoms with Gasteiger partial charge in [0.25, 0.3) is 10.0 Å². The van der Waals surface area contributed by atoms with Gasteiger partial charge in [-0.25, -0.2) is 13.4 Å². The van der Waals surface area contributed by atoms with Crippen LogP contribution in [0.3, 0.4) is 0 Å². The van der Waals surface area contributed by atoms with Gasteiger partial charge in [0.1, 0.15) is 16.0 Å². The molecule has 2 aliphatic heterocycles. The van der Waals surface area contributed by atoms with Gasteiger partial charge in [0.15, 0.2) is 5.13 Å². The number of fused-ring (bicyclic) bond motifs is 1. The number of amides is 1. The Labute approximate surface area is 219 Å². The number of hydrogen-bond donors (Lipinski definition) is 0. The van der Waals surface area contributed by atoms with E-state index in [9.17, 15) is 13.2 Å². The van der Waals surface area contributed by atoms with Gasteiger partial charge in [0.05, 0.1) is 30.5 Å². The number of morpholine rings is 1. The third-order valence-corrected chi connectivity index (χ3v) is 10.9. The number of anilines is 1. The molecule has 194 valence electrons. The van der Waals surface area contributed by atoms with Crippen molar-refractivity contribution in [2.45, 2.75) is 29.5 Å². The van der Waals surface area contributed by atoms with Crippen molar-refractivity contribution < 1.29 is 22.7 Å². The second-order valence-corrected chi connectivity index (χ2v) is 12.9. The fourth-order valence-electron chi connectivity index (χ4n) is 4.70. The quantitative estimate of drug-likeness (QED) is 0.404. The lowest BCUT2D eigenvalue weighted by atomic mass is 10.2. The predicted octanol–water partition coefficient (Wildman–Crippen LogP) is 3.28. The third-order valence-electron chi connectivity index (χ3n) is 6.59. The predicted molar refractivity (Wildman–Crippen MR) is 142 cm³/mol. The van der Waals surface area contributed by atoms with Crippen molar-refractivity contribution in [3.63, 3.8) is 0 Å². The topological polar surface area (TPSA) is 92.3 Å². The molecule has 1 amide bonds. The minimum Gasteiger partial charge on any atom is -0.497 e. The Morgan fingerprint density at radius 1 is 1.25 bits per heavy atom. The smallest absolute Gasteiger partial charge is 0.253 e. The molecule has 0 saturated carbocycles. The summed E-state index contributed by atoms with van der Waals surface area (Å²) >= 11 is 2.62. The zero-order valence-corrected chi connectivity index (χ0v) is 22.6. The number of aromatic nitrogens is 1. The average Bonchev–Trinajstić information content (AvgIpc) is 3.67. The Hall–Kier alpha value is -2.09. The van der Waals surface area contributed by atoms with Gasteiger partial charge in [0.2, 0.25) is 5.91 Å². The number of benzene rings is 1. The second kappa shape index (κ2) is 11.1. The van der Waals surface area contributed by atoms with Crippen LogP contribution in [0.2, 0.25) is 0 Å². The molecular formula is C24H30N4O5S3. The first-order chi connectivity index (χ1) is 17.5. The molecule has 2 fully saturated rings. The van der Waals surface area contributed by atoms with Crippen LogP contribution in [-0.2, 0) is 19.6 Å². The number of methoxy groups -OCH3 is 1. The fourth-order valence-corrected chi connectivity index (χ4v) is 8.44. The van der Waals surface area contributed by atoms with Crippen LogP contribution in [0.4, 0.5) is 5.13 Å². The molecule has 12 heteroatoms. The van der Waals surface area contributed by atoms with Gasteiger partial charge < -0.3 is 9.47 Å². The SMILES string of the molecule is COc1ccc2sc(N(CCCN3CCOCC3)C(=O)C3CCCN3S(=O)(=O)c3cccs3)nc2c1. The summed E-state index contributed by atoms with van der Waals surface area (Å²) in [5.74, 6) is 0.495. The lowest BCUT2D eigenvalue weighted by Crippen LogP contribution is -2.48. The van der Waals surface area contributed by atoms with Gasteiger partial charge in [0, 0.05) is 38.8 Å². The van der Waals surface area contributed by atoms with Crippen molar-refractivity contribution in [3.8, 4) is 5.75 Å². The highest BCUT2D eigenvalue weighted by Crippen LogP contribution is 2.34. The number of hydrogen-bond acceptors (Lipinski definition) is 9. The molecule has 0 aliphatic carbocycles.